The van der Waals surface area contributed by atoms with Gasteiger partial charge in [0.2, 0.25) is 0 Å². The molecule has 1 rings (SSSR count). The summed E-state index contributed by atoms with van der Waals surface area (Å²) in [6.07, 6.45) is -0.815. The summed E-state index contributed by atoms with van der Waals surface area (Å²) >= 11 is 0. The topological polar surface area (TPSA) is 74.5 Å². The summed E-state index contributed by atoms with van der Waals surface area (Å²) < 4.78 is 1.43. The highest BCUT2D eigenvalue weighted by atomic mass is 16.3. The van der Waals surface area contributed by atoms with Crippen molar-refractivity contribution in [2.75, 3.05) is 18.5 Å². The number of aliphatic hydroxyl groups is 2. The largest absolute Gasteiger partial charge is 0.394 e. The number of hydrogen-bond acceptors (Lipinski definition) is 4. The van der Waals surface area contributed by atoms with Gasteiger partial charge in [0.05, 0.1) is 12.7 Å². The zero-order chi connectivity index (χ0) is 10.6. The molecule has 0 radical (unpaired) electrons. The molecule has 0 bridgehead atoms. The number of aliphatic hydroxyl groups excluding tert-OH is 2. The van der Waals surface area contributed by atoms with Crippen molar-refractivity contribution in [3.05, 3.63) is 28.6 Å². The van der Waals surface area contributed by atoms with Crippen LogP contribution in [0.4, 0.5) is 5.82 Å². The van der Waals surface area contributed by atoms with Gasteiger partial charge in [-0.1, -0.05) is 6.07 Å². The smallest absolute Gasteiger partial charge is 0.251 e. The Morgan fingerprint density at radius 1 is 1.57 bits per heavy atom. The Hall–Kier alpha value is -1.33. The van der Waals surface area contributed by atoms with Gasteiger partial charge in [0.25, 0.3) is 5.56 Å². The summed E-state index contributed by atoms with van der Waals surface area (Å²) in [5.74, 6) is 0.616. The van der Waals surface area contributed by atoms with Crippen molar-refractivity contribution < 1.29 is 10.2 Å². The summed E-state index contributed by atoms with van der Waals surface area (Å²) in [6.45, 7) is -0.0818. The molecule has 5 nitrogen and oxygen atoms in total. The van der Waals surface area contributed by atoms with Gasteiger partial charge >= 0.3 is 0 Å². The Morgan fingerprint density at radius 3 is 2.93 bits per heavy atom. The zero-order valence-electron chi connectivity index (χ0n) is 7.97. The van der Waals surface area contributed by atoms with Crippen molar-refractivity contribution in [2.45, 2.75) is 6.10 Å². The molecule has 0 saturated carbocycles. The van der Waals surface area contributed by atoms with Crippen LogP contribution in [0.15, 0.2) is 23.0 Å². The van der Waals surface area contributed by atoms with Crippen LogP contribution in [0.5, 0.6) is 0 Å². The van der Waals surface area contributed by atoms with E-state index in [1.807, 2.05) is 0 Å². The molecule has 0 aliphatic carbocycles. The number of nitrogens with zero attached hydrogens (tertiary/aromatic N) is 1. The molecular weight excluding hydrogens is 184 g/mol. The van der Waals surface area contributed by atoms with E-state index in [0.29, 0.717) is 5.82 Å². The molecule has 1 heterocycles. The van der Waals surface area contributed by atoms with Gasteiger partial charge in [-0.2, -0.15) is 0 Å². The molecule has 0 fully saturated rings. The fraction of sp³-hybridized carbons (Fsp3) is 0.444. The summed E-state index contributed by atoms with van der Waals surface area (Å²) in [4.78, 5) is 11.2. The average molecular weight is 198 g/mol. The number of rotatable bonds is 4. The third-order valence-corrected chi connectivity index (χ3v) is 1.91. The van der Waals surface area contributed by atoms with Crippen LogP contribution in [-0.2, 0) is 7.05 Å². The van der Waals surface area contributed by atoms with Crippen molar-refractivity contribution in [3.8, 4) is 0 Å². The SMILES string of the molecule is Cn1c(NCC(O)CO)cccc1=O. The summed E-state index contributed by atoms with van der Waals surface area (Å²) in [6, 6.07) is 4.81. The third-order valence-electron chi connectivity index (χ3n) is 1.91. The van der Waals surface area contributed by atoms with Crippen molar-refractivity contribution in [1.29, 1.82) is 0 Å². The van der Waals surface area contributed by atoms with Gasteiger partial charge in [0, 0.05) is 19.7 Å². The lowest BCUT2D eigenvalue weighted by atomic mass is 10.3. The number of hydrogen-bond donors (Lipinski definition) is 3. The van der Waals surface area contributed by atoms with E-state index in [0.717, 1.165) is 0 Å². The molecule has 3 N–H and O–H groups in total. The van der Waals surface area contributed by atoms with Crippen LogP contribution in [-0.4, -0.2) is 34.0 Å². The second-order valence-corrected chi connectivity index (χ2v) is 3.03. The minimum Gasteiger partial charge on any atom is -0.394 e. The first kappa shape index (κ1) is 10.7. The van der Waals surface area contributed by atoms with Crippen molar-refractivity contribution in [1.82, 2.24) is 4.57 Å². The quantitative estimate of drug-likeness (QED) is 0.589. The zero-order valence-corrected chi connectivity index (χ0v) is 7.97. The Kier molecular flexibility index (Phi) is 3.67. The maximum Gasteiger partial charge on any atom is 0.251 e. The molecule has 0 amide bonds. The standard InChI is InChI=1S/C9H14N2O3/c1-11-8(3-2-4-9(11)14)10-5-7(13)6-12/h2-4,7,10,12-13H,5-6H2,1H3. The molecule has 0 saturated heterocycles. The number of anilines is 1. The van der Waals surface area contributed by atoms with Crippen LogP contribution in [0.25, 0.3) is 0 Å². The Labute approximate surface area is 81.6 Å². The van der Waals surface area contributed by atoms with E-state index >= 15 is 0 Å². The van der Waals surface area contributed by atoms with E-state index in [1.165, 1.54) is 10.6 Å². The maximum atomic E-state index is 11.2. The summed E-state index contributed by atoms with van der Waals surface area (Å²) in [7, 11) is 1.63. The minimum absolute atomic E-state index is 0.117. The van der Waals surface area contributed by atoms with Crippen LogP contribution in [0.3, 0.4) is 0 Å². The van der Waals surface area contributed by atoms with E-state index in [2.05, 4.69) is 5.32 Å². The molecule has 0 aliphatic heterocycles. The molecule has 0 aliphatic rings. The van der Waals surface area contributed by atoms with Crippen LogP contribution in [0.1, 0.15) is 0 Å². The first-order valence-corrected chi connectivity index (χ1v) is 4.34. The number of pyridine rings is 1. The van der Waals surface area contributed by atoms with E-state index < -0.39 is 6.10 Å². The molecule has 1 aromatic heterocycles. The highest BCUT2D eigenvalue weighted by molar-refractivity contribution is 5.35. The summed E-state index contributed by atoms with van der Waals surface area (Å²) in [5.41, 5.74) is -0.117. The van der Waals surface area contributed by atoms with Crippen LogP contribution >= 0.6 is 0 Å². The highest BCUT2D eigenvalue weighted by Gasteiger charge is 2.02. The highest BCUT2D eigenvalue weighted by Crippen LogP contribution is 2.00. The molecular formula is C9H14N2O3. The molecule has 14 heavy (non-hydrogen) atoms. The van der Waals surface area contributed by atoms with Crippen molar-refractivity contribution in [3.63, 3.8) is 0 Å². The lowest BCUT2D eigenvalue weighted by molar-refractivity contribution is 0.105. The predicted molar refractivity (Wildman–Crippen MR) is 53.3 cm³/mol. The molecule has 78 valence electrons. The fourth-order valence-corrected chi connectivity index (χ4v) is 1.03. The van der Waals surface area contributed by atoms with Crippen molar-refractivity contribution in [2.24, 2.45) is 7.05 Å². The monoisotopic (exact) mass is 198 g/mol. The van der Waals surface area contributed by atoms with Crippen LogP contribution in [0, 0.1) is 0 Å². The Balaban J connectivity index is 2.68. The van der Waals surface area contributed by atoms with Gasteiger partial charge in [0.15, 0.2) is 0 Å². The minimum atomic E-state index is -0.815. The Morgan fingerprint density at radius 2 is 2.29 bits per heavy atom. The maximum absolute atomic E-state index is 11.2. The second-order valence-electron chi connectivity index (χ2n) is 3.03. The normalized spacial score (nSPS) is 12.5. The van der Waals surface area contributed by atoms with Gasteiger partial charge in [-0.25, -0.2) is 0 Å². The van der Waals surface area contributed by atoms with E-state index in [1.54, 1.807) is 19.2 Å². The van der Waals surface area contributed by atoms with E-state index in [-0.39, 0.29) is 18.7 Å². The van der Waals surface area contributed by atoms with Gasteiger partial charge in [-0.3, -0.25) is 9.36 Å². The summed E-state index contributed by atoms with van der Waals surface area (Å²) in [5, 5.41) is 20.5. The first-order valence-electron chi connectivity index (χ1n) is 4.34. The van der Waals surface area contributed by atoms with Crippen LogP contribution < -0.4 is 10.9 Å². The molecule has 1 atom stereocenters. The van der Waals surface area contributed by atoms with Gasteiger partial charge in [0.1, 0.15) is 5.82 Å². The molecule has 1 unspecified atom stereocenters. The number of aromatic nitrogens is 1. The van der Waals surface area contributed by atoms with Crippen molar-refractivity contribution >= 4 is 5.82 Å². The van der Waals surface area contributed by atoms with E-state index in [4.69, 9.17) is 10.2 Å². The molecule has 1 aromatic rings. The number of nitrogens with one attached hydrogen (secondary N) is 1. The third kappa shape index (κ3) is 2.58. The lowest BCUT2D eigenvalue weighted by Crippen LogP contribution is -2.26. The second kappa shape index (κ2) is 4.78. The van der Waals surface area contributed by atoms with E-state index in [9.17, 15) is 4.79 Å². The predicted octanol–water partition coefficient (Wildman–Crippen LogP) is -0.850. The van der Waals surface area contributed by atoms with Crippen LogP contribution in [0.2, 0.25) is 0 Å². The van der Waals surface area contributed by atoms with Gasteiger partial charge in [-0.15, -0.1) is 0 Å². The molecule has 0 spiro atoms. The average Bonchev–Trinajstić information content (AvgIpc) is 2.20. The molecule has 5 heteroatoms. The van der Waals surface area contributed by atoms with Gasteiger partial charge in [-0.05, 0) is 6.07 Å². The first-order chi connectivity index (χ1) is 6.65. The fourth-order valence-electron chi connectivity index (χ4n) is 1.03. The lowest BCUT2D eigenvalue weighted by Gasteiger charge is -2.12. The molecule has 0 aromatic carbocycles. The Bertz CT molecular complexity index is 348. The van der Waals surface area contributed by atoms with Gasteiger partial charge < -0.3 is 15.5 Å².